The largest absolute Gasteiger partial charge is 0.496 e. The highest BCUT2D eigenvalue weighted by molar-refractivity contribution is 5.80. The van der Waals surface area contributed by atoms with E-state index in [9.17, 15) is 4.79 Å². The molecule has 6 heteroatoms. The lowest BCUT2D eigenvalue weighted by Gasteiger charge is -2.36. The zero-order valence-corrected chi connectivity index (χ0v) is 15.8. The zero-order valence-electron chi connectivity index (χ0n) is 15.8. The number of likely N-dealkylation sites (tertiary alicyclic amines) is 1. The maximum absolute atomic E-state index is 13.2. The van der Waals surface area contributed by atoms with Crippen LogP contribution in [0, 0.1) is 6.92 Å². The third kappa shape index (κ3) is 3.39. The highest BCUT2D eigenvalue weighted by Crippen LogP contribution is 2.32. The van der Waals surface area contributed by atoms with E-state index in [2.05, 4.69) is 10.1 Å². The minimum atomic E-state index is 0.0192. The van der Waals surface area contributed by atoms with Gasteiger partial charge in [-0.25, -0.2) is 9.50 Å². The van der Waals surface area contributed by atoms with Gasteiger partial charge in [0, 0.05) is 24.4 Å². The maximum Gasteiger partial charge on any atom is 0.227 e. The fourth-order valence-electron chi connectivity index (χ4n) is 3.93. The molecule has 2 aromatic heterocycles. The summed E-state index contributed by atoms with van der Waals surface area (Å²) in [6.07, 6.45) is 5.22. The molecule has 1 aliphatic heterocycles. The number of fused-ring (bicyclic) bond motifs is 1. The van der Waals surface area contributed by atoms with Gasteiger partial charge in [0.1, 0.15) is 5.75 Å². The molecule has 0 bridgehead atoms. The van der Waals surface area contributed by atoms with Crippen molar-refractivity contribution in [1.82, 2.24) is 19.5 Å². The maximum atomic E-state index is 13.2. The Balaban J connectivity index is 1.65. The quantitative estimate of drug-likeness (QED) is 0.712. The molecule has 1 fully saturated rings. The Bertz CT molecular complexity index is 966. The Hall–Kier alpha value is -2.89. The molecule has 1 amide bonds. The van der Waals surface area contributed by atoms with Gasteiger partial charge in [-0.05, 0) is 38.3 Å². The summed E-state index contributed by atoms with van der Waals surface area (Å²) in [6.45, 7) is 2.73. The van der Waals surface area contributed by atoms with Crippen LogP contribution in [0.15, 0.2) is 42.6 Å². The van der Waals surface area contributed by atoms with Crippen LogP contribution in [0.2, 0.25) is 0 Å². The molecule has 0 spiro atoms. The predicted molar refractivity (Wildman–Crippen MR) is 103 cm³/mol. The van der Waals surface area contributed by atoms with E-state index in [1.165, 1.54) is 0 Å². The number of benzene rings is 1. The third-order valence-electron chi connectivity index (χ3n) is 5.21. The van der Waals surface area contributed by atoms with Gasteiger partial charge in [-0.3, -0.25) is 4.79 Å². The summed E-state index contributed by atoms with van der Waals surface area (Å²) in [5.41, 5.74) is 3.70. The lowest BCUT2D eigenvalue weighted by molar-refractivity contribution is -0.134. The summed E-state index contributed by atoms with van der Waals surface area (Å²) >= 11 is 0. The number of aromatic nitrogens is 3. The van der Waals surface area contributed by atoms with Crippen LogP contribution in [0.4, 0.5) is 0 Å². The van der Waals surface area contributed by atoms with Gasteiger partial charge in [0.15, 0.2) is 5.65 Å². The van der Waals surface area contributed by atoms with Crippen LogP contribution in [-0.2, 0) is 11.2 Å². The fourth-order valence-corrected chi connectivity index (χ4v) is 3.93. The van der Waals surface area contributed by atoms with E-state index < -0.39 is 0 Å². The Morgan fingerprint density at radius 3 is 2.96 bits per heavy atom. The second-order valence-corrected chi connectivity index (χ2v) is 7.01. The summed E-state index contributed by atoms with van der Waals surface area (Å²) in [5, 5.41) is 4.59. The number of ether oxygens (including phenoxy) is 1. The molecule has 0 radical (unpaired) electrons. The van der Waals surface area contributed by atoms with Crippen LogP contribution in [0.1, 0.15) is 42.3 Å². The van der Waals surface area contributed by atoms with Gasteiger partial charge in [-0.2, -0.15) is 5.10 Å². The molecule has 27 heavy (non-hydrogen) atoms. The van der Waals surface area contributed by atoms with Crippen LogP contribution in [0.5, 0.6) is 5.75 Å². The second kappa shape index (κ2) is 7.39. The lowest BCUT2D eigenvalue weighted by atomic mass is 9.97. The van der Waals surface area contributed by atoms with E-state index in [-0.39, 0.29) is 11.9 Å². The third-order valence-corrected chi connectivity index (χ3v) is 5.21. The molecule has 1 atom stereocenters. The number of rotatable bonds is 4. The van der Waals surface area contributed by atoms with E-state index in [0.29, 0.717) is 6.42 Å². The highest BCUT2D eigenvalue weighted by atomic mass is 16.5. The molecular weight excluding hydrogens is 340 g/mol. The molecule has 3 aromatic rings. The number of amides is 1. The molecule has 1 saturated heterocycles. The van der Waals surface area contributed by atoms with Crippen molar-refractivity contribution in [3.63, 3.8) is 0 Å². The van der Waals surface area contributed by atoms with Crippen molar-refractivity contribution in [2.75, 3.05) is 13.7 Å². The van der Waals surface area contributed by atoms with E-state index in [4.69, 9.17) is 4.74 Å². The first-order valence-electron chi connectivity index (χ1n) is 9.40. The number of hydrogen-bond acceptors (Lipinski definition) is 4. The molecule has 0 aliphatic carbocycles. The average molecular weight is 364 g/mol. The predicted octanol–water partition coefficient (Wildman–Crippen LogP) is 3.34. The fraction of sp³-hybridized carbons (Fsp3) is 0.381. The topological polar surface area (TPSA) is 59.7 Å². The van der Waals surface area contributed by atoms with Crippen LogP contribution in [0.25, 0.3) is 5.65 Å². The molecule has 0 N–H and O–H groups in total. The van der Waals surface area contributed by atoms with Crippen LogP contribution in [-0.4, -0.2) is 39.1 Å². The number of methoxy groups -OCH3 is 1. The number of hydrogen-bond donors (Lipinski definition) is 0. The molecular formula is C21H24N4O2. The lowest BCUT2D eigenvalue weighted by Crippen LogP contribution is -2.40. The van der Waals surface area contributed by atoms with Gasteiger partial charge in [-0.1, -0.05) is 18.2 Å². The van der Waals surface area contributed by atoms with Gasteiger partial charge in [0.2, 0.25) is 5.91 Å². The average Bonchev–Trinajstić information content (AvgIpc) is 3.08. The Labute approximate surface area is 158 Å². The van der Waals surface area contributed by atoms with Crippen LogP contribution in [0.3, 0.4) is 0 Å². The Morgan fingerprint density at radius 1 is 1.26 bits per heavy atom. The van der Waals surface area contributed by atoms with Crippen molar-refractivity contribution in [3.8, 4) is 5.75 Å². The molecule has 140 valence electrons. The first-order valence-corrected chi connectivity index (χ1v) is 9.40. The molecule has 4 rings (SSSR count). The van der Waals surface area contributed by atoms with Crippen molar-refractivity contribution in [1.29, 1.82) is 0 Å². The second-order valence-electron chi connectivity index (χ2n) is 7.01. The summed E-state index contributed by atoms with van der Waals surface area (Å²) in [5.74, 6) is 0.881. The Kier molecular flexibility index (Phi) is 4.79. The number of aryl methyl sites for hydroxylation is 1. The van der Waals surface area contributed by atoms with Gasteiger partial charge < -0.3 is 9.64 Å². The van der Waals surface area contributed by atoms with Crippen LogP contribution < -0.4 is 4.74 Å². The van der Waals surface area contributed by atoms with Crippen molar-refractivity contribution in [3.05, 3.63) is 59.5 Å². The molecule has 0 saturated carbocycles. The van der Waals surface area contributed by atoms with Gasteiger partial charge in [0.05, 0.1) is 31.0 Å². The first kappa shape index (κ1) is 17.5. The minimum Gasteiger partial charge on any atom is -0.496 e. The molecule has 3 heterocycles. The molecule has 0 unspecified atom stereocenters. The van der Waals surface area contributed by atoms with Crippen molar-refractivity contribution >= 4 is 11.6 Å². The minimum absolute atomic E-state index is 0.0192. The molecule has 1 aromatic carbocycles. The normalized spacial score (nSPS) is 17.3. The SMILES string of the molecule is COc1ccccc1CC(=O)N1CCCC[C@@H]1c1ccnc2cc(C)nn12. The summed E-state index contributed by atoms with van der Waals surface area (Å²) in [4.78, 5) is 19.6. The van der Waals surface area contributed by atoms with Gasteiger partial charge >= 0.3 is 0 Å². The number of carbonyl (C=O) groups is 1. The zero-order chi connectivity index (χ0) is 18.8. The monoisotopic (exact) mass is 364 g/mol. The number of carbonyl (C=O) groups excluding carboxylic acids is 1. The van der Waals surface area contributed by atoms with E-state index in [0.717, 1.165) is 54.2 Å². The number of nitrogens with zero attached hydrogens (tertiary/aromatic N) is 4. The van der Waals surface area contributed by atoms with Gasteiger partial charge in [0.25, 0.3) is 0 Å². The molecule has 6 nitrogen and oxygen atoms in total. The van der Waals surface area contributed by atoms with Crippen molar-refractivity contribution < 1.29 is 9.53 Å². The summed E-state index contributed by atoms with van der Waals surface area (Å²) in [7, 11) is 1.64. The summed E-state index contributed by atoms with van der Waals surface area (Å²) < 4.78 is 7.30. The van der Waals surface area contributed by atoms with Crippen LogP contribution >= 0.6 is 0 Å². The number of piperidine rings is 1. The van der Waals surface area contributed by atoms with E-state index >= 15 is 0 Å². The first-order chi connectivity index (χ1) is 13.2. The highest BCUT2D eigenvalue weighted by Gasteiger charge is 2.30. The Morgan fingerprint density at radius 2 is 2.11 bits per heavy atom. The smallest absolute Gasteiger partial charge is 0.227 e. The standard InChI is InChI=1S/C21H24N4O2/c1-15-13-20-22-11-10-18(25(20)23-15)17-8-5-6-12-24(17)21(26)14-16-7-3-4-9-19(16)27-2/h3-4,7,9-11,13,17H,5-6,8,12,14H2,1-2H3/t17-/m1/s1. The van der Waals surface area contributed by atoms with Gasteiger partial charge in [-0.15, -0.1) is 0 Å². The van der Waals surface area contributed by atoms with Crippen molar-refractivity contribution in [2.45, 2.75) is 38.6 Å². The van der Waals surface area contributed by atoms with Crippen molar-refractivity contribution in [2.24, 2.45) is 0 Å². The van der Waals surface area contributed by atoms with E-state index in [1.807, 2.05) is 58.9 Å². The summed E-state index contributed by atoms with van der Waals surface area (Å²) in [6, 6.07) is 11.7. The molecule has 1 aliphatic rings. The van der Waals surface area contributed by atoms with E-state index in [1.54, 1.807) is 7.11 Å². The number of para-hydroxylation sites is 1.